The molecule has 1 amide bonds. The van der Waals surface area contributed by atoms with E-state index in [0.717, 1.165) is 25.0 Å². The molecule has 0 fully saturated rings. The first-order valence-corrected chi connectivity index (χ1v) is 8.92. The molecule has 0 spiro atoms. The Labute approximate surface area is 160 Å². The lowest BCUT2D eigenvalue weighted by Crippen LogP contribution is -2.24. The van der Waals surface area contributed by atoms with Gasteiger partial charge in [0.2, 0.25) is 0 Å². The van der Waals surface area contributed by atoms with Crippen molar-refractivity contribution in [2.45, 2.75) is 45.2 Å². The summed E-state index contributed by atoms with van der Waals surface area (Å²) in [6.07, 6.45) is -0.0944. The molecule has 0 aliphatic heterocycles. The molecule has 0 saturated heterocycles. The van der Waals surface area contributed by atoms with Crippen LogP contribution in [-0.2, 0) is 11.0 Å². The summed E-state index contributed by atoms with van der Waals surface area (Å²) in [5.74, 6) is -1.16. The Kier molecular flexibility index (Phi) is 7.19. The molecule has 0 saturated carbocycles. The van der Waals surface area contributed by atoms with E-state index >= 15 is 0 Å². The van der Waals surface area contributed by atoms with E-state index in [-0.39, 0.29) is 18.0 Å². The molecule has 1 heterocycles. The maximum atomic E-state index is 12.9. The number of benzene rings is 1. The highest BCUT2D eigenvalue weighted by molar-refractivity contribution is 5.95. The van der Waals surface area contributed by atoms with Crippen LogP contribution in [-0.4, -0.2) is 33.3 Å². The minimum Gasteiger partial charge on any atom is -0.481 e. The van der Waals surface area contributed by atoms with E-state index in [4.69, 9.17) is 5.11 Å². The van der Waals surface area contributed by atoms with Gasteiger partial charge in [0.05, 0.1) is 28.7 Å². The van der Waals surface area contributed by atoms with Crippen LogP contribution in [0.25, 0.3) is 5.69 Å². The maximum Gasteiger partial charge on any atom is 0.416 e. The molecule has 0 radical (unpaired) electrons. The highest BCUT2D eigenvalue weighted by Gasteiger charge is 2.30. The Morgan fingerprint density at radius 1 is 1.18 bits per heavy atom. The first kappa shape index (κ1) is 21.5. The lowest BCUT2D eigenvalue weighted by Gasteiger charge is -2.10. The number of carbonyl (C=O) groups excluding carboxylic acids is 1. The van der Waals surface area contributed by atoms with Crippen molar-refractivity contribution in [2.75, 3.05) is 6.54 Å². The molecule has 0 atom stereocenters. The fourth-order valence-corrected chi connectivity index (χ4v) is 2.76. The second kappa shape index (κ2) is 9.38. The van der Waals surface area contributed by atoms with E-state index in [0.29, 0.717) is 30.6 Å². The molecule has 0 aliphatic carbocycles. The zero-order valence-electron chi connectivity index (χ0n) is 15.4. The highest BCUT2D eigenvalue weighted by Crippen LogP contribution is 2.30. The van der Waals surface area contributed by atoms with E-state index in [1.54, 1.807) is 6.92 Å². The van der Waals surface area contributed by atoms with Crippen molar-refractivity contribution >= 4 is 11.9 Å². The average Bonchev–Trinajstić information content (AvgIpc) is 3.01. The number of aliphatic carboxylic acids is 1. The molecule has 28 heavy (non-hydrogen) atoms. The van der Waals surface area contributed by atoms with Gasteiger partial charge in [-0.3, -0.25) is 9.59 Å². The third-order valence-electron chi connectivity index (χ3n) is 4.28. The molecule has 2 rings (SSSR count). The summed E-state index contributed by atoms with van der Waals surface area (Å²) in [5.41, 5.74) is 0.181. The van der Waals surface area contributed by atoms with Gasteiger partial charge >= 0.3 is 12.1 Å². The van der Waals surface area contributed by atoms with Gasteiger partial charge in [-0.25, -0.2) is 4.68 Å². The van der Waals surface area contributed by atoms with Crippen LogP contribution in [0.5, 0.6) is 0 Å². The molecule has 0 unspecified atom stereocenters. The summed E-state index contributed by atoms with van der Waals surface area (Å²) in [4.78, 5) is 22.7. The van der Waals surface area contributed by atoms with E-state index < -0.39 is 17.7 Å². The number of nitrogens with zero attached hydrogens (tertiary/aromatic N) is 2. The summed E-state index contributed by atoms with van der Waals surface area (Å²) in [6, 6.07) is 4.75. The molecular weight excluding hydrogens is 375 g/mol. The first-order chi connectivity index (χ1) is 13.2. The second-order valence-corrected chi connectivity index (χ2v) is 6.42. The summed E-state index contributed by atoms with van der Waals surface area (Å²) in [5, 5.41) is 15.4. The standard InChI is InChI=1S/C19H22F3N3O3/c1-13-16(18(28)23-10-5-3-2-4-9-17(26)27)12-24-25(13)15-8-6-7-14(11-15)19(20,21)22/h6-8,11-12H,2-5,9-10H2,1H3,(H,23,28)(H,26,27). The number of hydrogen-bond donors (Lipinski definition) is 2. The minimum absolute atomic E-state index is 0.139. The SMILES string of the molecule is Cc1c(C(=O)NCCCCCCC(=O)O)cnn1-c1cccc(C(F)(F)F)c1. The molecular formula is C19H22F3N3O3. The average molecular weight is 397 g/mol. The quantitative estimate of drug-likeness (QED) is 0.627. The van der Waals surface area contributed by atoms with Crippen molar-refractivity contribution in [3.8, 4) is 5.69 Å². The van der Waals surface area contributed by atoms with Crippen LogP contribution in [0.1, 0.15) is 53.7 Å². The Hall–Kier alpha value is -2.84. The molecule has 0 bridgehead atoms. The molecule has 6 nitrogen and oxygen atoms in total. The Morgan fingerprint density at radius 3 is 2.57 bits per heavy atom. The number of aromatic nitrogens is 2. The molecule has 9 heteroatoms. The molecule has 2 aromatic rings. The van der Waals surface area contributed by atoms with Gasteiger partial charge in [-0.15, -0.1) is 0 Å². The van der Waals surface area contributed by atoms with E-state index in [1.807, 2.05) is 0 Å². The number of carboxylic acid groups (broad SMARTS) is 1. The lowest BCUT2D eigenvalue weighted by atomic mass is 10.1. The van der Waals surface area contributed by atoms with Crippen LogP contribution in [0.2, 0.25) is 0 Å². The molecule has 152 valence electrons. The third-order valence-corrected chi connectivity index (χ3v) is 4.28. The Morgan fingerprint density at radius 2 is 1.89 bits per heavy atom. The second-order valence-electron chi connectivity index (χ2n) is 6.42. The number of halogens is 3. The fourth-order valence-electron chi connectivity index (χ4n) is 2.76. The predicted octanol–water partition coefficient (Wildman–Crippen LogP) is 3.96. The van der Waals surface area contributed by atoms with Crippen molar-refractivity contribution in [1.82, 2.24) is 15.1 Å². The van der Waals surface area contributed by atoms with Gasteiger partial charge in [0.25, 0.3) is 5.91 Å². The van der Waals surface area contributed by atoms with Crippen molar-refractivity contribution in [1.29, 1.82) is 0 Å². The van der Waals surface area contributed by atoms with Crippen LogP contribution >= 0.6 is 0 Å². The summed E-state index contributed by atoms with van der Waals surface area (Å²) < 4.78 is 40.0. The molecule has 2 N–H and O–H groups in total. The van der Waals surface area contributed by atoms with Gasteiger partial charge in [-0.1, -0.05) is 18.9 Å². The zero-order chi connectivity index (χ0) is 20.7. The number of unbranched alkanes of at least 4 members (excludes halogenated alkanes) is 3. The summed E-state index contributed by atoms with van der Waals surface area (Å²) in [7, 11) is 0. The smallest absolute Gasteiger partial charge is 0.416 e. The van der Waals surface area contributed by atoms with Crippen molar-refractivity contribution in [2.24, 2.45) is 0 Å². The monoisotopic (exact) mass is 397 g/mol. The van der Waals surface area contributed by atoms with E-state index in [1.165, 1.54) is 23.0 Å². The number of amides is 1. The van der Waals surface area contributed by atoms with Crippen LogP contribution in [0.4, 0.5) is 13.2 Å². The predicted molar refractivity (Wildman–Crippen MR) is 96.4 cm³/mol. The first-order valence-electron chi connectivity index (χ1n) is 8.92. The van der Waals surface area contributed by atoms with Gasteiger partial charge in [0, 0.05) is 13.0 Å². The number of alkyl halides is 3. The van der Waals surface area contributed by atoms with Gasteiger partial charge in [-0.2, -0.15) is 18.3 Å². The number of rotatable bonds is 9. The molecule has 0 aliphatic rings. The topological polar surface area (TPSA) is 84.2 Å². The largest absolute Gasteiger partial charge is 0.481 e. The maximum absolute atomic E-state index is 12.9. The van der Waals surface area contributed by atoms with E-state index in [2.05, 4.69) is 10.4 Å². The fraction of sp³-hybridized carbons (Fsp3) is 0.421. The Bertz CT molecular complexity index is 831. The van der Waals surface area contributed by atoms with Gasteiger partial charge in [0.1, 0.15) is 0 Å². The van der Waals surface area contributed by atoms with Gasteiger partial charge < -0.3 is 10.4 Å². The lowest BCUT2D eigenvalue weighted by molar-refractivity contribution is -0.138. The summed E-state index contributed by atoms with van der Waals surface area (Å²) >= 11 is 0. The number of carboxylic acids is 1. The van der Waals surface area contributed by atoms with Gasteiger partial charge in [0.15, 0.2) is 0 Å². The summed E-state index contributed by atoms with van der Waals surface area (Å²) in [6.45, 7) is 2.05. The normalized spacial score (nSPS) is 11.4. The highest BCUT2D eigenvalue weighted by atomic mass is 19.4. The third kappa shape index (κ3) is 5.83. The minimum atomic E-state index is -4.46. The van der Waals surface area contributed by atoms with Crippen molar-refractivity contribution in [3.63, 3.8) is 0 Å². The van der Waals surface area contributed by atoms with E-state index in [9.17, 15) is 22.8 Å². The van der Waals surface area contributed by atoms with Crippen LogP contribution < -0.4 is 5.32 Å². The Balaban J connectivity index is 1.94. The van der Waals surface area contributed by atoms with Crippen molar-refractivity contribution < 1.29 is 27.9 Å². The van der Waals surface area contributed by atoms with Crippen LogP contribution in [0, 0.1) is 6.92 Å². The number of nitrogens with one attached hydrogen (secondary N) is 1. The van der Waals surface area contributed by atoms with Crippen molar-refractivity contribution in [3.05, 3.63) is 47.3 Å². The number of carbonyl (C=O) groups is 2. The van der Waals surface area contributed by atoms with Crippen LogP contribution in [0.15, 0.2) is 30.5 Å². The van der Waals surface area contributed by atoms with Crippen LogP contribution in [0.3, 0.4) is 0 Å². The zero-order valence-corrected chi connectivity index (χ0v) is 15.4. The molecule has 1 aromatic heterocycles. The molecule has 1 aromatic carbocycles. The number of hydrogen-bond acceptors (Lipinski definition) is 3. The van der Waals surface area contributed by atoms with Gasteiger partial charge in [-0.05, 0) is 38.0 Å².